The lowest BCUT2D eigenvalue weighted by Crippen LogP contribution is -2.27. The number of fused-ring (bicyclic) bond motifs is 1. The van der Waals surface area contributed by atoms with E-state index in [4.69, 9.17) is 0 Å². The second kappa shape index (κ2) is 8.00. The van der Waals surface area contributed by atoms with E-state index in [1.165, 1.54) is 0 Å². The minimum Gasteiger partial charge on any atom is -0.350 e. The Labute approximate surface area is 140 Å². The van der Waals surface area contributed by atoms with E-state index in [1.54, 1.807) is 0 Å². The Morgan fingerprint density at radius 1 is 1.38 bits per heavy atom. The molecule has 0 bridgehead atoms. The maximum atomic E-state index is 12.1. The molecular weight excluding hydrogens is 321 g/mol. The van der Waals surface area contributed by atoms with E-state index in [-0.39, 0.29) is 6.54 Å². The van der Waals surface area contributed by atoms with Gasteiger partial charge < -0.3 is 5.32 Å². The first-order chi connectivity index (χ1) is 11.2. The van der Waals surface area contributed by atoms with Crippen LogP contribution in [0.1, 0.15) is 44.5 Å². The monoisotopic (exact) mass is 346 g/mol. The molecule has 24 heavy (non-hydrogen) atoms. The molecule has 136 valence electrons. The maximum absolute atomic E-state index is 12.1. The Morgan fingerprint density at radius 3 is 2.79 bits per heavy atom. The van der Waals surface area contributed by atoms with Gasteiger partial charge in [0.15, 0.2) is 0 Å². The molecular formula is C16H25F3N4O. The molecule has 0 unspecified atom stereocenters. The molecule has 1 aromatic rings. The average Bonchev–Trinajstić information content (AvgIpc) is 2.74. The Kier molecular flexibility index (Phi) is 6.26. The fourth-order valence-electron chi connectivity index (χ4n) is 2.88. The molecule has 0 aliphatic carbocycles. The van der Waals surface area contributed by atoms with Gasteiger partial charge in [-0.25, -0.2) is 0 Å². The molecule has 2 rings (SSSR count). The summed E-state index contributed by atoms with van der Waals surface area (Å²) in [6, 6.07) is 1.93. The first kappa shape index (κ1) is 18.8. The van der Waals surface area contributed by atoms with E-state index < -0.39 is 24.9 Å². The van der Waals surface area contributed by atoms with Gasteiger partial charge in [-0.3, -0.25) is 14.4 Å². The van der Waals surface area contributed by atoms with E-state index in [2.05, 4.69) is 29.2 Å². The fraction of sp³-hybridized carbons (Fsp3) is 0.750. The van der Waals surface area contributed by atoms with Gasteiger partial charge in [0.1, 0.15) is 0 Å². The molecule has 1 aliphatic heterocycles. The van der Waals surface area contributed by atoms with Gasteiger partial charge in [0.05, 0.1) is 24.4 Å². The molecule has 0 aromatic carbocycles. The minimum absolute atomic E-state index is 0.168. The average molecular weight is 346 g/mol. The van der Waals surface area contributed by atoms with Crippen LogP contribution in [0.15, 0.2) is 6.07 Å². The van der Waals surface area contributed by atoms with Gasteiger partial charge in [0.2, 0.25) is 5.91 Å². The van der Waals surface area contributed by atoms with Gasteiger partial charge in [-0.2, -0.15) is 18.3 Å². The number of hydrogen-bond donors (Lipinski definition) is 1. The first-order valence-corrected chi connectivity index (χ1v) is 8.34. The molecule has 0 radical (unpaired) electrons. The van der Waals surface area contributed by atoms with Crippen LogP contribution in [0.3, 0.4) is 0 Å². The molecule has 0 fully saturated rings. The van der Waals surface area contributed by atoms with Crippen molar-refractivity contribution in [2.75, 3.05) is 13.1 Å². The summed E-state index contributed by atoms with van der Waals surface area (Å²) in [5.41, 5.74) is 1.78. The van der Waals surface area contributed by atoms with Crippen molar-refractivity contribution in [2.24, 2.45) is 5.92 Å². The number of rotatable bonds is 6. The topological polar surface area (TPSA) is 50.2 Å². The van der Waals surface area contributed by atoms with Gasteiger partial charge >= 0.3 is 6.18 Å². The van der Waals surface area contributed by atoms with Crippen molar-refractivity contribution in [3.05, 3.63) is 17.5 Å². The molecule has 0 saturated carbocycles. The zero-order valence-corrected chi connectivity index (χ0v) is 14.2. The highest BCUT2D eigenvalue weighted by Crippen LogP contribution is 2.21. The summed E-state index contributed by atoms with van der Waals surface area (Å²) < 4.78 is 38.2. The smallest absolute Gasteiger partial charge is 0.350 e. The quantitative estimate of drug-likeness (QED) is 0.862. The highest BCUT2D eigenvalue weighted by Gasteiger charge is 2.27. The van der Waals surface area contributed by atoms with E-state index in [1.807, 2.05) is 10.7 Å². The van der Waals surface area contributed by atoms with E-state index in [0.717, 1.165) is 38.3 Å². The number of carbonyl (C=O) groups excluding carboxylic acids is 1. The molecule has 2 heterocycles. The molecule has 0 saturated heterocycles. The predicted molar refractivity (Wildman–Crippen MR) is 84.1 cm³/mol. The zero-order chi connectivity index (χ0) is 17.7. The van der Waals surface area contributed by atoms with E-state index in [0.29, 0.717) is 11.6 Å². The molecule has 5 nitrogen and oxygen atoms in total. The van der Waals surface area contributed by atoms with Crippen LogP contribution in [0.2, 0.25) is 0 Å². The molecule has 1 N–H and O–H groups in total. The Hall–Kier alpha value is -1.57. The molecule has 1 amide bonds. The lowest BCUT2D eigenvalue weighted by Gasteiger charge is -2.21. The van der Waals surface area contributed by atoms with Crippen molar-refractivity contribution in [1.82, 2.24) is 20.0 Å². The number of carbonyl (C=O) groups is 1. The van der Waals surface area contributed by atoms with Crippen LogP contribution in [0.25, 0.3) is 0 Å². The second-order valence-electron chi connectivity index (χ2n) is 6.72. The van der Waals surface area contributed by atoms with Crippen LogP contribution in [0.4, 0.5) is 13.2 Å². The third kappa shape index (κ3) is 6.14. The normalized spacial score (nSPS) is 16.1. The molecule has 8 heteroatoms. The predicted octanol–water partition coefficient (Wildman–Crippen LogP) is 2.70. The van der Waals surface area contributed by atoms with Crippen molar-refractivity contribution >= 4 is 5.91 Å². The number of aromatic nitrogens is 2. The summed E-state index contributed by atoms with van der Waals surface area (Å²) in [7, 11) is 0. The number of halogens is 3. The largest absolute Gasteiger partial charge is 0.389 e. The van der Waals surface area contributed by atoms with Gasteiger partial charge in [-0.15, -0.1) is 0 Å². The lowest BCUT2D eigenvalue weighted by molar-refractivity contribution is -0.144. The van der Waals surface area contributed by atoms with E-state index >= 15 is 0 Å². The Balaban J connectivity index is 1.87. The fourth-order valence-corrected chi connectivity index (χ4v) is 2.88. The molecule has 0 spiro atoms. The van der Waals surface area contributed by atoms with E-state index in [9.17, 15) is 18.0 Å². The van der Waals surface area contributed by atoms with Gasteiger partial charge in [0, 0.05) is 32.6 Å². The van der Waals surface area contributed by atoms with Crippen molar-refractivity contribution in [3.63, 3.8) is 0 Å². The Bertz CT molecular complexity index is 554. The molecule has 0 atom stereocenters. The summed E-state index contributed by atoms with van der Waals surface area (Å²) in [6.07, 6.45) is -4.93. The number of hydrogen-bond acceptors (Lipinski definition) is 3. The van der Waals surface area contributed by atoms with Crippen LogP contribution in [0, 0.1) is 5.92 Å². The maximum Gasteiger partial charge on any atom is 0.389 e. The highest BCUT2D eigenvalue weighted by atomic mass is 19.4. The third-order valence-corrected chi connectivity index (χ3v) is 3.87. The first-order valence-electron chi connectivity index (χ1n) is 8.34. The van der Waals surface area contributed by atoms with Gasteiger partial charge in [-0.1, -0.05) is 13.8 Å². The SMILES string of the molecule is CC(C)CN1CCCn2nc(CNC(=O)CCC(F)(F)F)cc2C1. The van der Waals surface area contributed by atoms with Gasteiger partial charge in [-0.05, 0) is 18.4 Å². The minimum atomic E-state index is -4.30. The second-order valence-corrected chi connectivity index (χ2v) is 6.72. The molecule has 1 aromatic heterocycles. The Morgan fingerprint density at radius 2 is 2.12 bits per heavy atom. The number of nitrogens with one attached hydrogen (secondary N) is 1. The number of amides is 1. The summed E-state index contributed by atoms with van der Waals surface area (Å²) in [5.74, 6) is -0.0104. The summed E-state index contributed by atoms with van der Waals surface area (Å²) in [6.45, 7) is 8.23. The van der Waals surface area contributed by atoms with Crippen molar-refractivity contribution in [2.45, 2.75) is 58.9 Å². The van der Waals surface area contributed by atoms with Crippen molar-refractivity contribution in [3.8, 4) is 0 Å². The summed E-state index contributed by atoms with van der Waals surface area (Å²) in [4.78, 5) is 13.9. The number of alkyl halides is 3. The van der Waals surface area contributed by atoms with Crippen LogP contribution in [-0.2, 0) is 24.4 Å². The van der Waals surface area contributed by atoms with Gasteiger partial charge in [0.25, 0.3) is 0 Å². The van der Waals surface area contributed by atoms with Crippen LogP contribution in [-0.4, -0.2) is 39.9 Å². The summed E-state index contributed by atoms with van der Waals surface area (Å²) in [5, 5.41) is 6.97. The number of nitrogens with zero attached hydrogens (tertiary/aromatic N) is 3. The third-order valence-electron chi connectivity index (χ3n) is 3.87. The van der Waals surface area contributed by atoms with Crippen LogP contribution < -0.4 is 5.32 Å². The summed E-state index contributed by atoms with van der Waals surface area (Å²) >= 11 is 0. The van der Waals surface area contributed by atoms with Crippen LogP contribution >= 0.6 is 0 Å². The number of aryl methyl sites for hydroxylation is 1. The van der Waals surface area contributed by atoms with Crippen molar-refractivity contribution in [1.29, 1.82) is 0 Å². The zero-order valence-electron chi connectivity index (χ0n) is 14.2. The lowest BCUT2D eigenvalue weighted by atomic mass is 10.2. The highest BCUT2D eigenvalue weighted by molar-refractivity contribution is 5.75. The molecule has 1 aliphatic rings. The standard InChI is InChI=1S/C16H25F3N4O/c1-12(2)10-22-6-3-7-23-14(11-22)8-13(21-23)9-20-15(24)4-5-16(17,18)19/h8,12H,3-7,9-11H2,1-2H3,(H,20,24). The van der Waals surface area contributed by atoms with Crippen LogP contribution in [0.5, 0.6) is 0 Å². The van der Waals surface area contributed by atoms with Crippen molar-refractivity contribution < 1.29 is 18.0 Å².